The Balaban J connectivity index is 2.17. The van der Waals surface area contributed by atoms with Gasteiger partial charge in [-0.3, -0.25) is 9.69 Å². The molecule has 104 valence electrons. The molecule has 19 heavy (non-hydrogen) atoms. The normalized spacial score (nSPS) is 25.5. The molecule has 1 saturated heterocycles. The maximum absolute atomic E-state index is 13.0. The van der Waals surface area contributed by atoms with Crippen LogP contribution in [0.3, 0.4) is 0 Å². The van der Waals surface area contributed by atoms with Crippen molar-refractivity contribution in [3.8, 4) is 0 Å². The molecule has 0 radical (unpaired) electrons. The summed E-state index contributed by atoms with van der Waals surface area (Å²) >= 11 is 6.06. The van der Waals surface area contributed by atoms with E-state index in [1.165, 1.54) is 12.1 Å². The van der Waals surface area contributed by atoms with Crippen molar-refractivity contribution in [1.29, 1.82) is 0 Å². The zero-order valence-corrected chi connectivity index (χ0v) is 11.7. The zero-order valence-electron chi connectivity index (χ0n) is 10.9. The van der Waals surface area contributed by atoms with E-state index in [1.807, 2.05) is 13.8 Å². The number of rotatable bonds is 3. The minimum Gasteiger partial charge on any atom is -0.481 e. The molecule has 5 heteroatoms. The summed E-state index contributed by atoms with van der Waals surface area (Å²) < 4.78 is 13.0. The molecule has 1 aromatic rings. The average molecular weight is 286 g/mol. The van der Waals surface area contributed by atoms with Crippen molar-refractivity contribution in [2.24, 2.45) is 11.8 Å². The molecule has 0 aliphatic carbocycles. The van der Waals surface area contributed by atoms with Crippen LogP contribution in [0.2, 0.25) is 5.02 Å². The third-order valence-corrected chi connectivity index (χ3v) is 4.25. The smallest absolute Gasteiger partial charge is 0.308 e. The number of nitrogens with zero attached hydrogens (tertiary/aromatic N) is 1. The number of likely N-dealkylation sites (tertiary alicyclic amines) is 1. The van der Waals surface area contributed by atoms with Crippen LogP contribution in [-0.2, 0) is 4.79 Å². The molecular weight excluding hydrogens is 269 g/mol. The molecule has 0 aromatic heterocycles. The first-order valence-electron chi connectivity index (χ1n) is 6.32. The fraction of sp³-hybridized carbons (Fsp3) is 0.500. The molecule has 1 unspecified atom stereocenters. The first kappa shape index (κ1) is 14.3. The fourth-order valence-corrected chi connectivity index (χ4v) is 3.00. The number of carboxylic acids is 1. The predicted molar refractivity (Wildman–Crippen MR) is 71.7 cm³/mol. The lowest BCUT2D eigenvalue weighted by Gasteiger charge is -2.25. The van der Waals surface area contributed by atoms with E-state index in [-0.39, 0.29) is 23.7 Å². The van der Waals surface area contributed by atoms with E-state index in [2.05, 4.69) is 4.90 Å². The Morgan fingerprint density at radius 1 is 1.53 bits per heavy atom. The van der Waals surface area contributed by atoms with Gasteiger partial charge in [0.15, 0.2) is 0 Å². The van der Waals surface area contributed by atoms with Crippen LogP contribution in [0.15, 0.2) is 18.2 Å². The van der Waals surface area contributed by atoms with Crippen molar-refractivity contribution in [1.82, 2.24) is 4.90 Å². The molecule has 1 aliphatic heterocycles. The molecule has 1 aromatic carbocycles. The summed E-state index contributed by atoms with van der Waals surface area (Å²) in [5.41, 5.74) is 0.835. The van der Waals surface area contributed by atoms with Crippen LogP contribution in [0, 0.1) is 17.7 Å². The van der Waals surface area contributed by atoms with Crippen LogP contribution in [0.1, 0.15) is 25.5 Å². The van der Waals surface area contributed by atoms with Crippen molar-refractivity contribution in [3.05, 3.63) is 34.6 Å². The van der Waals surface area contributed by atoms with Gasteiger partial charge in [-0.25, -0.2) is 4.39 Å². The van der Waals surface area contributed by atoms with Gasteiger partial charge in [0, 0.05) is 24.2 Å². The van der Waals surface area contributed by atoms with E-state index in [0.717, 1.165) is 5.56 Å². The lowest BCUT2D eigenvalue weighted by molar-refractivity contribution is -0.142. The van der Waals surface area contributed by atoms with Crippen LogP contribution in [0.25, 0.3) is 0 Å². The van der Waals surface area contributed by atoms with Gasteiger partial charge in [-0.1, -0.05) is 24.6 Å². The number of benzene rings is 1. The van der Waals surface area contributed by atoms with Gasteiger partial charge in [-0.05, 0) is 30.5 Å². The lowest BCUT2D eigenvalue weighted by Crippen LogP contribution is -2.26. The highest BCUT2D eigenvalue weighted by atomic mass is 35.5. The maximum atomic E-state index is 13.0. The largest absolute Gasteiger partial charge is 0.481 e. The third-order valence-electron chi connectivity index (χ3n) is 3.92. The Labute approximate surface area is 117 Å². The van der Waals surface area contributed by atoms with Crippen LogP contribution in [0.5, 0.6) is 0 Å². The monoisotopic (exact) mass is 285 g/mol. The lowest BCUT2D eigenvalue weighted by atomic mass is 9.99. The number of hydrogen-bond donors (Lipinski definition) is 1. The number of halogens is 2. The van der Waals surface area contributed by atoms with Crippen molar-refractivity contribution in [3.63, 3.8) is 0 Å². The van der Waals surface area contributed by atoms with Crippen LogP contribution < -0.4 is 0 Å². The minimum absolute atomic E-state index is 0.0140. The summed E-state index contributed by atoms with van der Waals surface area (Å²) in [5.74, 6) is -1.35. The van der Waals surface area contributed by atoms with E-state index in [9.17, 15) is 9.18 Å². The maximum Gasteiger partial charge on any atom is 0.308 e. The zero-order chi connectivity index (χ0) is 14.2. The van der Waals surface area contributed by atoms with Crippen LogP contribution in [-0.4, -0.2) is 29.1 Å². The van der Waals surface area contributed by atoms with Crippen LogP contribution >= 0.6 is 11.6 Å². The topological polar surface area (TPSA) is 40.5 Å². The summed E-state index contributed by atoms with van der Waals surface area (Å²) in [6.07, 6.45) is 0. The van der Waals surface area contributed by atoms with Gasteiger partial charge in [-0.15, -0.1) is 0 Å². The van der Waals surface area contributed by atoms with Crippen molar-refractivity contribution in [2.75, 3.05) is 13.1 Å². The quantitative estimate of drug-likeness (QED) is 0.927. The fourth-order valence-electron chi connectivity index (χ4n) is 2.68. The van der Waals surface area contributed by atoms with Gasteiger partial charge in [0.2, 0.25) is 0 Å². The Bertz CT molecular complexity index is 494. The number of carboxylic acid groups (broad SMARTS) is 1. The Morgan fingerprint density at radius 2 is 2.21 bits per heavy atom. The predicted octanol–water partition coefficient (Wildman–Crippen LogP) is 3.19. The molecule has 1 heterocycles. The second-order valence-electron chi connectivity index (χ2n) is 5.22. The second kappa shape index (κ2) is 5.47. The molecule has 2 rings (SSSR count). The van der Waals surface area contributed by atoms with Crippen molar-refractivity contribution >= 4 is 17.6 Å². The van der Waals surface area contributed by atoms with Crippen molar-refractivity contribution < 1.29 is 14.3 Å². The van der Waals surface area contributed by atoms with Gasteiger partial charge in [-0.2, -0.15) is 0 Å². The number of carbonyl (C=O) groups is 1. The Kier molecular flexibility index (Phi) is 4.11. The number of aliphatic carboxylic acids is 1. The van der Waals surface area contributed by atoms with Gasteiger partial charge in [0.1, 0.15) is 5.82 Å². The molecule has 3 atom stereocenters. The summed E-state index contributed by atoms with van der Waals surface area (Å²) in [4.78, 5) is 13.2. The van der Waals surface area contributed by atoms with Crippen LogP contribution in [0.4, 0.5) is 4.39 Å². The summed E-state index contributed by atoms with van der Waals surface area (Å²) in [6.45, 7) is 5.13. The first-order chi connectivity index (χ1) is 8.90. The van der Waals surface area contributed by atoms with E-state index >= 15 is 0 Å². The Hall–Kier alpha value is -1.13. The number of hydrogen-bond acceptors (Lipinski definition) is 2. The van der Waals surface area contributed by atoms with Gasteiger partial charge in [0.05, 0.1) is 5.92 Å². The summed E-state index contributed by atoms with van der Waals surface area (Å²) in [5, 5.41) is 9.53. The molecular formula is C14H17ClFNO2. The third kappa shape index (κ3) is 2.90. The van der Waals surface area contributed by atoms with E-state index in [0.29, 0.717) is 18.1 Å². The minimum atomic E-state index is -0.757. The standard InChI is InChI=1S/C14H17ClFNO2/c1-8-6-17(7-12(8)14(18)19)9(2)11-4-3-10(16)5-13(11)15/h3-5,8-9,12H,6-7H2,1-2H3,(H,18,19)/t8-,9?,12-/m1/s1. The van der Waals surface area contributed by atoms with Crippen molar-refractivity contribution in [2.45, 2.75) is 19.9 Å². The molecule has 1 N–H and O–H groups in total. The molecule has 0 bridgehead atoms. The molecule has 1 aliphatic rings. The highest BCUT2D eigenvalue weighted by molar-refractivity contribution is 6.31. The van der Waals surface area contributed by atoms with Gasteiger partial charge < -0.3 is 5.11 Å². The second-order valence-corrected chi connectivity index (χ2v) is 5.62. The van der Waals surface area contributed by atoms with E-state index in [4.69, 9.17) is 16.7 Å². The highest BCUT2D eigenvalue weighted by Crippen LogP contribution is 2.34. The summed E-state index contributed by atoms with van der Waals surface area (Å²) in [6, 6.07) is 4.33. The molecule has 3 nitrogen and oxygen atoms in total. The van der Waals surface area contributed by atoms with E-state index < -0.39 is 5.97 Å². The molecule has 0 amide bonds. The highest BCUT2D eigenvalue weighted by Gasteiger charge is 2.37. The van der Waals surface area contributed by atoms with Gasteiger partial charge >= 0.3 is 5.97 Å². The summed E-state index contributed by atoms with van der Waals surface area (Å²) in [7, 11) is 0. The first-order valence-corrected chi connectivity index (χ1v) is 6.69. The molecule has 0 saturated carbocycles. The SMILES string of the molecule is CC(c1ccc(F)cc1Cl)N1C[C@@H](C)[C@H](C(=O)O)C1. The average Bonchev–Trinajstić information content (AvgIpc) is 2.70. The van der Waals surface area contributed by atoms with E-state index in [1.54, 1.807) is 6.07 Å². The molecule has 1 fully saturated rings. The Morgan fingerprint density at radius 3 is 2.74 bits per heavy atom. The van der Waals surface area contributed by atoms with Gasteiger partial charge in [0.25, 0.3) is 0 Å². The molecule has 0 spiro atoms.